The van der Waals surface area contributed by atoms with E-state index in [0.29, 0.717) is 16.7 Å². The molecule has 18 heavy (non-hydrogen) atoms. The van der Waals surface area contributed by atoms with E-state index in [4.69, 9.17) is 21.6 Å². The fourth-order valence-corrected chi connectivity index (χ4v) is 2.00. The SMILES string of the molecule is CC.O=Cc1c(B(O)O)cc(Cl)c2ccccc12. The number of fused-ring (bicyclic) bond motifs is 1. The van der Waals surface area contributed by atoms with Crippen LogP contribution in [0.4, 0.5) is 0 Å². The predicted molar refractivity (Wildman–Crippen MR) is 75.5 cm³/mol. The van der Waals surface area contributed by atoms with Crippen molar-refractivity contribution in [2.24, 2.45) is 0 Å². The summed E-state index contributed by atoms with van der Waals surface area (Å²) in [5, 5.41) is 20.0. The quantitative estimate of drug-likeness (QED) is 0.644. The summed E-state index contributed by atoms with van der Waals surface area (Å²) in [6, 6.07) is 8.46. The molecule has 0 aliphatic carbocycles. The standard InChI is InChI=1S/C11H8BClO3.C2H6/c13-11-5-10(12(15)16)9(6-14)7-3-1-2-4-8(7)11;1-2/h1-6,15-16H;1-2H3. The predicted octanol–water partition coefficient (Wildman–Crippen LogP) is 2.01. The van der Waals surface area contributed by atoms with E-state index in [2.05, 4.69) is 0 Å². The maximum atomic E-state index is 11.0. The highest BCUT2D eigenvalue weighted by atomic mass is 35.5. The fourth-order valence-electron chi connectivity index (χ4n) is 1.72. The molecule has 0 bridgehead atoms. The van der Waals surface area contributed by atoms with Crippen molar-refractivity contribution in [1.82, 2.24) is 0 Å². The summed E-state index contributed by atoms with van der Waals surface area (Å²) in [4.78, 5) is 11.0. The Hall–Kier alpha value is -1.36. The van der Waals surface area contributed by atoms with E-state index in [-0.39, 0.29) is 11.0 Å². The van der Waals surface area contributed by atoms with Crippen LogP contribution < -0.4 is 5.46 Å². The molecular formula is C13H14BClO3. The molecule has 0 radical (unpaired) electrons. The van der Waals surface area contributed by atoms with Gasteiger partial charge in [0.2, 0.25) is 0 Å². The molecule has 0 spiro atoms. The van der Waals surface area contributed by atoms with Crippen molar-refractivity contribution in [3.05, 3.63) is 40.9 Å². The average molecular weight is 265 g/mol. The highest BCUT2D eigenvalue weighted by Gasteiger charge is 2.19. The number of benzene rings is 2. The van der Waals surface area contributed by atoms with Crippen LogP contribution in [0.15, 0.2) is 30.3 Å². The van der Waals surface area contributed by atoms with E-state index < -0.39 is 7.12 Å². The van der Waals surface area contributed by atoms with Crippen molar-refractivity contribution < 1.29 is 14.8 Å². The van der Waals surface area contributed by atoms with Crippen molar-refractivity contribution in [2.75, 3.05) is 0 Å². The number of aldehydes is 1. The third-order valence-electron chi connectivity index (χ3n) is 2.46. The lowest BCUT2D eigenvalue weighted by atomic mass is 9.76. The van der Waals surface area contributed by atoms with E-state index in [1.807, 2.05) is 13.8 Å². The molecule has 2 aromatic rings. The molecule has 2 rings (SSSR count). The van der Waals surface area contributed by atoms with E-state index in [9.17, 15) is 4.79 Å². The van der Waals surface area contributed by atoms with Crippen LogP contribution in [-0.4, -0.2) is 23.5 Å². The molecule has 0 saturated carbocycles. The van der Waals surface area contributed by atoms with Crippen LogP contribution in [0.2, 0.25) is 5.02 Å². The van der Waals surface area contributed by atoms with Gasteiger partial charge < -0.3 is 10.0 Å². The molecule has 0 saturated heterocycles. The Morgan fingerprint density at radius 2 is 1.72 bits per heavy atom. The first kappa shape index (κ1) is 14.7. The number of hydrogen-bond acceptors (Lipinski definition) is 3. The van der Waals surface area contributed by atoms with E-state index >= 15 is 0 Å². The minimum atomic E-state index is -1.71. The fraction of sp³-hybridized carbons (Fsp3) is 0.154. The molecule has 0 amide bonds. The second-order valence-electron chi connectivity index (χ2n) is 3.40. The van der Waals surface area contributed by atoms with E-state index in [1.54, 1.807) is 24.3 Å². The molecule has 94 valence electrons. The molecule has 0 heterocycles. The maximum Gasteiger partial charge on any atom is 0.489 e. The summed E-state index contributed by atoms with van der Waals surface area (Å²) in [5.41, 5.74) is 0.383. The Kier molecular flexibility index (Phi) is 5.35. The summed E-state index contributed by atoms with van der Waals surface area (Å²) < 4.78 is 0. The summed E-state index contributed by atoms with van der Waals surface area (Å²) >= 11 is 6.00. The number of halogens is 1. The lowest BCUT2D eigenvalue weighted by Gasteiger charge is -2.09. The molecule has 5 heteroatoms. The second-order valence-corrected chi connectivity index (χ2v) is 3.81. The van der Waals surface area contributed by atoms with Crippen molar-refractivity contribution in [3.8, 4) is 0 Å². The topological polar surface area (TPSA) is 57.5 Å². The van der Waals surface area contributed by atoms with Gasteiger partial charge in [0.15, 0.2) is 0 Å². The summed E-state index contributed by atoms with van der Waals surface area (Å²) in [6.07, 6.45) is 0.605. The normalized spacial score (nSPS) is 9.61. The number of hydrogen-bond donors (Lipinski definition) is 2. The first-order chi connectivity index (χ1) is 8.65. The molecule has 3 nitrogen and oxygen atoms in total. The Morgan fingerprint density at radius 3 is 2.22 bits per heavy atom. The maximum absolute atomic E-state index is 11.0. The minimum absolute atomic E-state index is 0.124. The number of carbonyl (C=O) groups excluding carboxylic acids is 1. The molecule has 0 aliphatic rings. The highest BCUT2D eigenvalue weighted by molar-refractivity contribution is 6.61. The van der Waals surface area contributed by atoms with Gasteiger partial charge in [-0.25, -0.2) is 0 Å². The summed E-state index contributed by atoms with van der Waals surface area (Å²) in [7, 11) is -1.71. The zero-order valence-electron chi connectivity index (χ0n) is 10.2. The van der Waals surface area contributed by atoms with Crippen LogP contribution in [0, 0.1) is 0 Å². The van der Waals surface area contributed by atoms with E-state index in [1.165, 1.54) is 6.07 Å². The van der Waals surface area contributed by atoms with Gasteiger partial charge in [-0.3, -0.25) is 4.79 Å². The van der Waals surface area contributed by atoms with Crippen LogP contribution in [-0.2, 0) is 0 Å². The Labute approximate surface area is 111 Å². The molecule has 2 aromatic carbocycles. The lowest BCUT2D eigenvalue weighted by molar-refractivity contribution is 0.112. The molecule has 0 aromatic heterocycles. The van der Waals surface area contributed by atoms with Gasteiger partial charge in [0.1, 0.15) is 6.29 Å². The Morgan fingerprint density at radius 1 is 1.17 bits per heavy atom. The largest absolute Gasteiger partial charge is 0.489 e. The molecule has 0 atom stereocenters. The van der Waals surface area contributed by atoms with Gasteiger partial charge in [0.05, 0.1) is 0 Å². The minimum Gasteiger partial charge on any atom is -0.423 e. The van der Waals surface area contributed by atoms with Crippen LogP contribution in [0.5, 0.6) is 0 Å². The molecule has 0 fully saturated rings. The monoisotopic (exact) mass is 264 g/mol. The third-order valence-corrected chi connectivity index (χ3v) is 2.78. The van der Waals surface area contributed by atoms with Crippen LogP contribution in [0.25, 0.3) is 10.8 Å². The van der Waals surface area contributed by atoms with Crippen molar-refractivity contribution in [2.45, 2.75) is 13.8 Å². The van der Waals surface area contributed by atoms with Crippen molar-refractivity contribution in [1.29, 1.82) is 0 Å². The summed E-state index contributed by atoms with van der Waals surface area (Å²) in [6.45, 7) is 4.00. The lowest BCUT2D eigenvalue weighted by Crippen LogP contribution is -2.33. The number of rotatable bonds is 2. The van der Waals surface area contributed by atoms with E-state index in [0.717, 1.165) is 5.39 Å². The van der Waals surface area contributed by atoms with Gasteiger partial charge in [-0.1, -0.05) is 49.7 Å². The van der Waals surface area contributed by atoms with Gasteiger partial charge in [0.25, 0.3) is 0 Å². The third kappa shape index (κ3) is 2.72. The van der Waals surface area contributed by atoms with Crippen LogP contribution >= 0.6 is 11.6 Å². The van der Waals surface area contributed by atoms with Crippen LogP contribution in [0.1, 0.15) is 24.2 Å². The molecule has 0 unspecified atom stereocenters. The zero-order chi connectivity index (χ0) is 13.7. The van der Waals surface area contributed by atoms with Gasteiger partial charge in [0, 0.05) is 16.0 Å². The van der Waals surface area contributed by atoms with Gasteiger partial charge >= 0.3 is 7.12 Å². The molecule has 2 N–H and O–H groups in total. The first-order valence-corrected chi connectivity index (χ1v) is 6.05. The smallest absolute Gasteiger partial charge is 0.423 e. The Bertz CT molecular complexity index is 555. The second kappa shape index (κ2) is 6.54. The zero-order valence-corrected chi connectivity index (χ0v) is 11.0. The van der Waals surface area contributed by atoms with Crippen LogP contribution in [0.3, 0.4) is 0 Å². The van der Waals surface area contributed by atoms with Crippen molar-refractivity contribution >= 4 is 41.2 Å². The average Bonchev–Trinajstić information content (AvgIpc) is 2.41. The molecular weight excluding hydrogens is 250 g/mol. The highest BCUT2D eigenvalue weighted by Crippen LogP contribution is 2.24. The number of carbonyl (C=O) groups is 1. The van der Waals surface area contributed by atoms with Gasteiger partial charge in [-0.15, -0.1) is 0 Å². The van der Waals surface area contributed by atoms with Gasteiger partial charge in [-0.05, 0) is 16.9 Å². The van der Waals surface area contributed by atoms with Gasteiger partial charge in [-0.2, -0.15) is 0 Å². The van der Waals surface area contributed by atoms with Crippen molar-refractivity contribution in [3.63, 3.8) is 0 Å². The molecule has 0 aliphatic heterocycles. The Balaban J connectivity index is 0.000000771. The summed E-state index contributed by atoms with van der Waals surface area (Å²) in [5.74, 6) is 0. The first-order valence-electron chi connectivity index (χ1n) is 5.67.